The summed E-state index contributed by atoms with van der Waals surface area (Å²) in [4.78, 5) is 9.34. The zero-order valence-corrected chi connectivity index (χ0v) is 13.1. The lowest BCUT2D eigenvalue weighted by atomic mass is 9.76. The molecule has 0 aliphatic heterocycles. The molecule has 1 heterocycles. The van der Waals surface area contributed by atoms with Gasteiger partial charge in [-0.05, 0) is 37.5 Å². The second kappa shape index (κ2) is 7.02. The largest absolute Gasteiger partial charge is 0.378 e. The van der Waals surface area contributed by atoms with Gasteiger partial charge in [0.1, 0.15) is 11.6 Å². The number of aromatic nitrogens is 2. The fourth-order valence-electron chi connectivity index (χ4n) is 3.09. The van der Waals surface area contributed by atoms with Gasteiger partial charge in [-0.1, -0.05) is 13.8 Å². The van der Waals surface area contributed by atoms with Crippen molar-refractivity contribution in [1.82, 2.24) is 9.97 Å². The molecular formula is C16H27N3O. The van der Waals surface area contributed by atoms with E-state index in [1.165, 1.54) is 25.7 Å². The maximum Gasteiger partial charge on any atom is 0.134 e. The number of ether oxygens (including phenoxy) is 1. The maximum atomic E-state index is 5.20. The molecule has 1 aliphatic rings. The molecule has 1 saturated carbocycles. The zero-order valence-electron chi connectivity index (χ0n) is 13.1. The van der Waals surface area contributed by atoms with Gasteiger partial charge in [-0.25, -0.2) is 9.97 Å². The van der Waals surface area contributed by atoms with Crippen LogP contribution < -0.4 is 5.32 Å². The predicted octanol–water partition coefficient (Wildman–Crippen LogP) is 3.59. The fraction of sp³-hybridized carbons (Fsp3) is 0.750. The highest BCUT2D eigenvalue weighted by Gasteiger charge is 2.26. The summed E-state index contributed by atoms with van der Waals surface area (Å²) in [5, 5.41) is 3.13. The van der Waals surface area contributed by atoms with Gasteiger partial charge in [-0.3, -0.25) is 0 Å². The van der Waals surface area contributed by atoms with Crippen LogP contribution in [0.1, 0.15) is 57.0 Å². The van der Waals surface area contributed by atoms with Crippen molar-refractivity contribution in [2.75, 3.05) is 19.5 Å². The van der Waals surface area contributed by atoms with Gasteiger partial charge < -0.3 is 10.1 Å². The van der Waals surface area contributed by atoms with Crippen molar-refractivity contribution in [2.24, 2.45) is 11.8 Å². The van der Waals surface area contributed by atoms with E-state index in [1.54, 1.807) is 7.11 Å². The van der Waals surface area contributed by atoms with E-state index < -0.39 is 0 Å². The highest BCUT2D eigenvalue weighted by molar-refractivity contribution is 5.35. The van der Waals surface area contributed by atoms with Crippen molar-refractivity contribution in [3.63, 3.8) is 0 Å². The summed E-state index contributed by atoms with van der Waals surface area (Å²) < 4.78 is 5.20. The summed E-state index contributed by atoms with van der Waals surface area (Å²) in [5.74, 6) is 4.06. The molecule has 20 heavy (non-hydrogen) atoms. The van der Waals surface area contributed by atoms with Crippen molar-refractivity contribution in [1.29, 1.82) is 0 Å². The van der Waals surface area contributed by atoms with Crippen LogP contribution in [0.4, 0.5) is 5.82 Å². The Morgan fingerprint density at radius 3 is 2.50 bits per heavy atom. The van der Waals surface area contributed by atoms with Crippen molar-refractivity contribution in [2.45, 2.75) is 52.1 Å². The minimum atomic E-state index is 0.508. The minimum absolute atomic E-state index is 0.508. The normalized spacial score (nSPS) is 23.1. The summed E-state index contributed by atoms with van der Waals surface area (Å²) in [5.41, 5.74) is 0.966. The third-order valence-electron chi connectivity index (χ3n) is 4.42. The Bertz CT molecular complexity index is 426. The van der Waals surface area contributed by atoms with E-state index >= 15 is 0 Å². The van der Waals surface area contributed by atoms with Gasteiger partial charge in [0.2, 0.25) is 0 Å². The lowest BCUT2D eigenvalue weighted by Gasteiger charge is -2.30. The number of anilines is 1. The molecule has 0 unspecified atom stereocenters. The molecular weight excluding hydrogens is 250 g/mol. The summed E-state index contributed by atoms with van der Waals surface area (Å²) in [6.07, 6.45) is 5.02. The molecule has 112 valence electrons. The molecule has 4 nitrogen and oxygen atoms in total. The van der Waals surface area contributed by atoms with Crippen molar-refractivity contribution in [3.05, 3.63) is 17.6 Å². The monoisotopic (exact) mass is 277 g/mol. The minimum Gasteiger partial charge on any atom is -0.378 e. The Kier molecular flexibility index (Phi) is 5.35. The SMILES string of the molecule is CNc1cc(COC)nc(C2CCC(C(C)C)CC2)n1. The second-order valence-electron chi connectivity index (χ2n) is 6.14. The van der Waals surface area contributed by atoms with E-state index in [-0.39, 0.29) is 0 Å². The second-order valence-corrected chi connectivity index (χ2v) is 6.14. The summed E-state index contributed by atoms with van der Waals surface area (Å²) in [7, 11) is 3.60. The van der Waals surface area contributed by atoms with Crippen molar-refractivity contribution >= 4 is 5.82 Å². The number of nitrogens with one attached hydrogen (secondary N) is 1. The molecule has 0 spiro atoms. The van der Waals surface area contributed by atoms with Gasteiger partial charge >= 0.3 is 0 Å². The van der Waals surface area contributed by atoms with Crippen LogP contribution in [-0.2, 0) is 11.3 Å². The summed E-state index contributed by atoms with van der Waals surface area (Å²) >= 11 is 0. The third-order valence-corrected chi connectivity index (χ3v) is 4.42. The Morgan fingerprint density at radius 1 is 1.25 bits per heavy atom. The molecule has 1 aromatic rings. The smallest absolute Gasteiger partial charge is 0.134 e. The van der Waals surface area contributed by atoms with E-state index in [0.717, 1.165) is 29.2 Å². The van der Waals surface area contributed by atoms with Crippen molar-refractivity contribution in [3.8, 4) is 0 Å². The summed E-state index contributed by atoms with van der Waals surface area (Å²) in [6.45, 7) is 5.21. The molecule has 4 heteroatoms. The first-order valence-electron chi connectivity index (χ1n) is 7.68. The molecule has 1 N–H and O–H groups in total. The van der Waals surface area contributed by atoms with E-state index in [4.69, 9.17) is 4.74 Å². The number of nitrogens with zero attached hydrogens (tertiary/aromatic N) is 2. The van der Waals surface area contributed by atoms with Gasteiger partial charge in [-0.2, -0.15) is 0 Å². The van der Waals surface area contributed by atoms with Gasteiger partial charge in [0.05, 0.1) is 12.3 Å². The molecule has 1 aromatic heterocycles. The maximum absolute atomic E-state index is 5.20. The van der Waals surface area contributed by atoms with Gasteiger partial charge in [0.25, 0.3) is 0 Å². The number of methoxy groups -OCH3 is 1. The van der Waals surface area contributed by atoms with Crippen molar-refractivity contribution < 1.29 is 4.74 Å². The van der Waals surface area contributed by atoms with Crippen LogP contribution >= 0.6 is 0 Å². The molecule has 1 aliphatic carbocycles. The van der Waals surface area contributed by atoms with Crippen LogP contribution in [0.15, 0.2) is 6.07 Å². The van der Waals surface area contributed by atoms with Crippen LogP contribution in [0.2, 0.25) is 0 Å². The molecule has 0 aromatic carbocycles. The highest BCUT2D eigenvalue weighted by atomic mass is 16.5. The van der Waals surface area contributed by atoms with Crippen LogP contribution in [0, 0.1) is 11.8 Å². The summed E-state index contributed by atoms with van der Waals surface area (Å²) in [6, 6.07) is 1.97. The fourth-order valence-corrected chi connectivity index (χ4v) is 3.09. The molecule has 0 amide bonds. The molecule has 0 radical (unpaired) electrons. The standard InChI is InChI=1S/C16H27N3O/c1-11(2)12-5-7-13(8-6-12)16-18-14(10-20-4)9-15(17-3)19-16/h9,11-13H,5-8,10H2,1-4H3,(H,17,18,19). The quantitative estimate of drug-likeness (QED) is 0.893. The van der Waals surface area contributed by atoms with Gasteiger partial charge in [0, 0.05) is 26.1 Å². The highest BCUT2D eigenvalue weighted by Crippen LogP contribution is 2.37. The molecule has 2 rings (SSSR count). The van der Waals surface area contributed by atoms with E-state index in [1.807, 2.05) is 13.1 Å². The van der Waals surface area contributed by atoms with Gasteiger partial charge in [0.15, 0.2) is 0 Å². The van der Waals surface area contributed by atoms with E-state index in [9.17, 15) is 0 Å². The Hall–Kier alpha value is -1.16. The average Bonchev–Trinajstić information content (AvgIpc) is 2.47. The van der Waals surface area contributed by atoms with Crippen LogP contribution in [0.3, 0.4) is 0 Å². The average molecular weight is 277 g/mol. The molecule has 1 fully saturated rings. The predicted molar refractivity (Wildman–Crippen MR) is 81.8 cm³/mol. The lowest BCUT2D eigenvalue weighted by Crippen LogP contribution is -2.19. The Labute approximate surface area is 122 Å². The first kappa shape index (κ1) is 15.2. The third kappa shape index (κ3) is 3.69. The number of rotatable bonds is 5. The first-order chi connectivity index (χ1) is 9.63. The zero-order chi connectivity index (χ0) is 14.5. The van der Waals surface area contributed by atoms with Crippen LogP contribution in [0.5, 0.6) is 0 Å². The van der Waals surface area contributed by atoms with E-state index in [2.05, 4.69) is 29.1 Å². The van der Waals surface area contributed by atoms with Crippen LogP contribution in [-0.4, -0.2) is 24.1 Å². The van der Waals surface area contributed by atoms with E-state index in [0.29, 0.717) is 12.5 Å². The molecule has 0 bridgehead atoms. The van der Waals surface area contributed by atoms with Gasteiger partial charge in [-0.15, -0.1) is 0 Å². The Balaban J connectivity index is 2.10. The number of hydrogen-bond acceptors (Lipinski definition) is 4. The first-order valence-corrected chi connectivity index (χ1v) is 7.68. The number of hydrogen-bond donors (Lipinski definition) is 1. The van der Waals surface area contributed by atoms with Crippen LogP contribution in [0.25, 0.3) is 0 Å². The topological polar surface area (TPSA) is 47.0 Å². The molecule has 0 saturated heterocycles. The Morgan fingerprint density at radius 2 is 1.95 bits per heavy atom. The molecule has 0 atom stereocenters. The lowest BCUT2D eigenvalue weighted by molar-refractivity contribution is 0.180.